The normalized spacial score (nSPS) is 25.1. The quantitative estimate of drug-likeness (QED) is 0.240. The number of carboxylic acid groups (broad SMARTS) is 2. The molecule has 0 spiro atoms. The van der Waals surface area contributed by atoms with E-state index in [1.165, 1.54) is 51.4 Å². The molecule has 0 saturated heterocycles. The number of aliphatic imine (C=N–C) groups is 2. The predicted octanol–water partition coefficient (Wildman–Crippen LogP) is 2.54. The molecule has 2 heterocycles. The van der Waals surface area contributed by atoms with Crippen molar-refractivity contribution in [2.75, 3.05) is 0 Å². The second-order valence-corrected chi connectivity index (χ2v) is 9.30. The van der Waals surface area contributed by atoms with Crippen molar-refractivity contribution in [3.63, 3.8) is 0 Å². The lowest BCUT2D eigenvalue weighted by Crippen LogP contribution is -2.39. The van der Waals surface area contributed by atoms with Crippen LogP contribution in [0.5, 0.6) is 0 Å². The van der Waals surface area contributed by atoms with Crippen molar-refractivity contribution in [1.29, 1.82) is 0 Å². The molecular formula is C24H46N4O6. The van der Waals surface area contributed by atoms with Gasteiger partial charge in [0.2, 0.25) is 0 Å². The highest BCUT2D eigenvalue weighted by Crippen LogP contribution is 2.24. The Morgan fingerprint density at radius 2 is 1.12 bits per heavy atom. The summed E-state index contributed by atoms with van der Waals surface area (Å²) < 4.78 is 0. The summed E-state index contributed by atoms with van der Waals surface area (Å²) in [7, 11) is 0. The van der Waals surface area contributed by atoms with Crippen molar-refractivity contribution in [3.05, 3.63) is 0 Å². The summed E-state index contributed by atoms with van der Waals surface area (Å²) in [6.45, 7) is 8.96. The number of unbranched alkanes of at least 4 members (excludes halogenated alkanes) is 4. The number of carbonyl (C=O) groups is 2. The van der Waals surface area contributed by atoms with Crippen molar-refractivity contribution in [1.82, 2.24) is 0 Å². The number of nitrogens with zero attached hydrogens (tertiary/aromatic N) is 2. The van der Waals surface area contributed by atoms with Gasteiger partial charge in [0.05, 0.1) is 23.8 Å². The molecule has 0 aromatic carbocycles. The third-order valence-electron chi connectivity index (χ3n) is 6.05. The van der Waals surface area contributed by atoms with E-state index in [0.29, 0.717) is 23.9 Å². The van der Waals surface area contributed by atoms with Crippen LogP contribution in [0.3, 0.4) is 0 Å². The largest absolute Gasteiger partial charge is 0.479 e. The van der Waals surface area contributed by atoms with E-state index in [-0.39, 0.29) is 0 Å². The standard InChI is InChI=1S/2C10H20N2.C4H6O6/c2*1-3-4-5-6-9-8(2)7-10(11)12-9;5-1(3(7)8)2(6)4(9)10/h2*8-9H,3-7H2,1-2H3,(H2,11,12);1-2,5-6H,(H,7,8)(H,9,10)/t2*8-,9-;1-,2-/m110/s1. The van der Waals surface area contributed by atoms with Crippen LogP contribution in [-0.2, 0) is 9.59 Å². The van der Waals surface area contributed by atoms with Crippen molar-refractivity contribution in [3.8, 4) is 0 Å². The Labute approximate surface area is 203 Å². The maximum atomic E-state index is 9.77. The molecule has 0 amide bonds. The third kappa shape index (κ3) is 12.9. The van der Waals surface area contributed by atoms with Crippen molar-refractivity contribution >= 4 is 23.6 Å². The first-order valence-corrected chi connectivity index (χ1v) is 12.4. The van der Waals surface area contributed by atoms with Gasteiger partial charge in [0.15, 0.2) is 12.2 Å². The fourth-order valence-electron chi connectivity index (χ4n) is 3.89. The van der Waals surface area contributed by atoms with Gasteiger partial charge in [-0.2, -0.15) is 0 Å². The van der Waals surface area contributed by atoms with E-state index in [4.69, 9.17) is 31.9 Å². The van der Waals surface area contributed by atoms with Crippen LogP contribution < -0.4 is 11.5 Å². The van der Waals surface area contributed by atoms with Gasteiger partial charge in [-0.25, -0.2) is 9.59 Å². The minimum atomic E-state index is -2.27. The van der Waals surface area contributed by atoms with E-state index in [2.05, 4.69) is 37.7 Å². The highest BCUT2D eigenvalue weighted by molar-refractivity contribution is 5.83. The zero-order valence-corrected chi connectivity index (χ0v) is 21.2. The summed E-state index contributed by atoms with van der Waals surface area (Å²) in [6, 6.07) is 1.05. The molecule has 6 atom stereocenters. The van der Waals surface area contributed by atoms with Gasteiger partial charge >= 0.3 is 11.9 Å². The first kappa shape index (κ1) is 31.8. The van der Waals surface area contributed by atoms with Crippen molar-refractivity contribution < 1.29 is 30.0 Å². The second kappa shape index (κ2) is 17.3. The molecule has 0 saturated carbocycles. The number of aliphatic hydroxyl groups is 2. The van der Waals surface area contributed by atoms with Gasteiger partial charge in [0, 0.05) is 12.8 Å². The Balaban J connectivity index is 0.000000484. The molecule has 2 rings (SSSR count). The molecule has 2 aliphatic heterocycles. The molecule has 2 aliphatic rings. The number of amidine groups is 2. The van der Waals surface area contributed by atoms with Gasteiger partial charge in [0.1, 0.15) is 0 Å². The van der Waals surface area contributed by atoms with Crippen LogP contribution in [-0.4, -0.2) is 68.3 Å². The summed E-state index contributed by atoms with van der Waals surface area (Å²) in [5, 5.41) is 32.5. The van der Waals surface area contributed by atoms with Crippen LogP contribution in [0, 0.1) is 11.8 Å². The minimum absolute atomic E-state index is 0.525. The number of aliphatic carboxylic acids is 2. The second-order valence-electron chi connectivity index (χ2n) is 9.30. The minimum Gasteiger partial charge on any atom is -0.479 e. The molecule has 0 unspecified atom stereocenters. The summed E-state index contributed by atoms with van der Waals surface area (Å²) in [6.07, 6.45) is 7.82. The smallest absolute Gasteiger partial charge is 0.335 e. The van der Waals surface area contributed by atoms with E-state index in [0.717, 1.165) is 24.5 Å². The molecule has 198 valence electrons. The monoisotopic (exact) mass is 486 g/mol. The van der Waals surface area contributed by atoms with Gasteiger partial charge in [-0.1, -0.05) is 66.2 Å². The average Bonchev–Trinajstić information content (AvgIpc) is 3.26. The highest BCUT2D eigenvalue weighted by atomic mass is 16.4. The van der Waals surface area contributed by atoms with E-state index in [9.17, 15) is 9.59 Å². The first-order chi connectivity index (χ1) is 15.9. The Bertz CT molecular complexity index is 614. The van der Waals surface area contributed by atoms with Crippen LogP contribution in [0.1, 0.15) is 91.9 Å². The zero-order valence-electron chi connectivity index (χ0n) is 21.2. The summed E-state index contributed by atoms with van der Waals surface area (Å²) in [5.41, 5.74) is 11.3. The number of nitrogens with two attached hydrogens (primary N) is 2. The molecule has 8 N–H and O–H groups in total. The summed E-state index contributed by atoms with van der Waals surface area (Å²) in [4.78, 5) is 28.4. The SMILES string of the molecule is CCCCC[C@H]1N=C(N)C[C@H]1C.CCCCC[C@H]1N=C(N)C[C@H]1C.O=C(O)[C@@H](O)[C@H](O)C(=O)O. The number of hydrogen-bond donors (Lipinski definition) is 6. The average molecular weight is 487 g/mol. The van der Waals surface area contributed by atoms with E-state index < -0.39 is 24.1 Å². The summed E-state index contributed by atoms with van der Waals surface area (Å²) in [5.74, 6) is -0.443. The molecule has 10 nitrogen and oxygen atoms in total. The maximum Gasteiger partial charge on any atom is 0.335 e. The first-order valence-electron chi connectivity index (χ1n) is 12.4. The topological polar surface area (TPSA) is 192 Å². The van der Waals surface area contributed by atoms with Crippen LogP contribution in [0.15, 0.2) is 9.98 Å². The van der Waals surface area contributed by atoms with Gasteiger partial charge in [0.25, 0.3) is 0 Å². The van der Waals surface area contributed by atoms with Crippen LogP contribution in [0.4, 0.5) is 0 Å². The number of hydrogen-bond acceptors (Lipinski definition) is 8. The van der Waals surface area contributed by atoms with E-state index >= 15 is 0 Å². The molecule has 10 heteroatoms. The lowest BCUT2D eigenvalue weighted by molar-refractivity contribution is -0.165. The summed E-state index contributed by atoms with van der Waals surface area (Å²) >= 11 is 0. The number of rotatable bonds is 11. The molecule has 0 aromatic heterocycles. The van der Waals surface area contributed by atoms with Crippen molar-refractivity contribution in [2.45, 2.75) is 116 Å². The molecule has 0 fully saturated rings. The third-order valence-corrected chi connectivity index (χ3v) is 6.05. The Kier molecular flexibility index (Phi) is 16.1. The molecule has 0 bridgehead atoms. The fourth-order valence-corrected chi connectivity index (χ4v) is 3.89. The highest BCUT2D eigenvalue weighted by Gasteiger charge is 2.29. The Morgan fingerprint density at radius 3 is 1.32 bits per heavy atom. The number of carboxylic acids is 2. The van der Waals surface area contributed by atoms with E-state index in [1.807, 2.05) is 0 Å². The Hall–Kier alpha value is -2.20. The number of aliphatic hydroxyl groups excluding tert-OH is 2. The lowest BCUT2D eigenvalue weighted by atomic mass is 9.97. The molecular weight excluding hydrogens is 440 g/mol. The molecule has 0 aromatic rings. The van der Waals surface area contributed by atoms with Gasteiger partial charge in [-0.15, -0.1) is 0 Å². The lowest BCUT2D eigenvalue weighted by Gasteiger charge is -2.11. The zero-order chi connectivity index (χ0) is 26.3. The van der Waals surface area contributed by atoms with Crippen LogP contribution in [0.25, 0.3) is 0 Å². The van der Waals surface area contributed by atoms with Gasteiger partial charge in [-0.05, 0) is 24.7 Å². The Morgan fingerprint density at radius 1 is 0.794 bits per heavy atom. The maximum absolute atomic E-state index is 9.77. The van der Waals surface area contributed by atoms with Crippen molar-refractivity contribution in [2.24, 2.45) is 33.3 Å². The molecule has 0 radical (unpaired) electrons. The molecule has 34 heavy (non-hydrogen) atoms. The van der Waals surface area contributed by atoms with Crippen LogP contribution >= 0.6 is 0 Å². The fraction of sp³-hybridized carbons (Fsp3) is 0.833. The van der Waals surface area contributed by atoms with Gasteiger partial charge < -0.3 is 31.9 Å². The van der Waals surface area contributed by atoms with Gasteiger partial charge in [-0.3, -0.25) is 9.98 Å². The van der Waals surface area contributed by atoms with E-state index in [1.54, 1.807) is 0 Å². The van der Waals surface area contributed by atoms with Crippen LogP contribution in [0.2, 0.25) is 0 Å². The molecule has 0 aliphatic carbocycles. The predicted molar refractivity (Wildman–Crippen MR) is 134 cm³/mol.